The molecular weight excluding hydrogens is 338 g/mol. The van der Waals surface area contributed by atoms with Crippen LogP contribution in [0.1, 0.15) is 6.92 Å². The molecule has 0 fully saturated rings. The molecule has 2 rings (SSSR count). The smallest absolute Gasteiger partial charge is 0.244 e. The fourth-order valence-electron chi connectivity index (χ4n) is 1.96. The van der Waals surface area contributed by atoms with Gasteiger partial charge in [-0.25, -0.2) is 13.1 Å². The molecule has 1 atom stereocenters. The first kappa shape index (κ1) is 17.6. The minimum absolute atomic E-state index is 0.000869. The number of hydrogen-bond donors (Lipinski definition) is 1. The molecule has 1 unspecified atom stereocenters. The third kappa shape index (κ3) is 4.86. The Hall–Kier alpha value is -1.76. The molecule has 2 aromatic carbocycles. The fraction of sp³-hybridized carbons (Fsp3) is 0.250. The summed E-state index contributed by atoms with van der Waals surface area (Å²) in [6.07, 6.45) is 0. The third-order valence-corrected chi connectivity index (χ3v) is 4.86. The molecule has 0 bridgehead atoms. The second-order valence-electron chi connectivity index (χ2n) is 4.94. The number of benzene rings is 2. The van der Waals surface area contributed by atoms with Crippen molar-refractivity contribution in [3.05, 3.63) is 53.6 Å². The number of sulfonamides is 1. The molecule has 0 spiro atoms. The summed E-state index contributed by atoms with van der Waals surface area (Å²) in [5.74, 6) is 0.914. The number of methoxy groups -OCH3 is 1. The van der Waals surface area contributed by atoms with Gasteiger partial charge in [0.2, 0.25) is 10.0 Å². The van der Waals surface area contributed by atoms with Crippen LogP contribution in [0.3, 0.4) is 0 Å². The van der Waals surface area contributed by atoms with Crippen LogP contribution >= 0.6 is 11.6 Å². The molecule has 2 aromatic rings. The minimum Gasteiger partial charge on any atom is -0.495 e. The van der Waals surface area contributed by atoms with E-state index in [1.807, 2.05) is 18.2 Å². The van der Waals surface area contributed by atoms with E-state index in [0.717, 1.165) is 0 Å². The van der Waals surface area contributed by atoms with Gasteiger partial charge >= 0.3 is 0 Å². The summed E-state index contributed by atoms with van der Waals surface area (Å²) in [4.78, 5) is -0.000869. The van der Waals surface area contributed by atoms with E-state index in [2.05, 4.69) is 4.72 Å². The van der Waals surface area contributed by atoms with E-state index in [4.69, 9.17) is 21.1 Å². The Morgan fingerprint density at radius 2 is 1.87 bits per heavy atom. The molecule has 0 radical (unpaired) electrons. The number of rotatable bonds is 7. The topological polar surface area (TPSA) is 64.6 Å². The Bertz CT molecular complexity index is 750. The van der Waals surface area contributed by atoms with Gasteiger partial charge in [0.25, 0.3) is 0 Å². The monoisotopic (exact) mass is 355 g/mol. The highest BCUT2D eigenvalue weighted by Crippen LogP contribution is 2.27. The molecule has 0 amide bonds. The second-order valence-corrected chi connectivity index (χ2v) is 7.06. The van der Waals surface area contributed by atoms with Crippen molar-refractivity contribution in [2.45, 2.75) is 17.9 Å². The van der Waals surface area contributed by atoms with Crippen LogP contribution in [0.4, 0.5) is 0 Å². The van der Waals surface area contributed by atoms with E-state index in [0.29, 0.717) is 10.8 Å². The highest BCUT2D eigenvalue weighted by molar-refractivity contribution is 7.89. The standard InChI is InChI=1S/C16H18ClNO4S/c1-12(11-22-14-6-4-3-5-7-14)18-23(19,20)16-10-13(17)8-9-15(16)21-2/h3-10,12,18H,11H2,1-2H3. The highest BCUT2D eigenvalue weighted by atomic mass is 35.5. The predicted octanol–water partition coefficient (Wildman–Crippen LogP) is 3.09. The Balaban J connectivity index is 2.07. The van der Waals surface area contributed by atoms with Gasteiger partial charge in [0.05, 0.1) is 13.2 Å². The minimum atomic E-state index is -3.77. The summed E-state index contributed by atoms with van der Waals surface area (Å²) in [5.41, 5.74) is 0. The lowest BCUT2D eigenvalue weighted by Crippen LogP contribution is -2.36. The number of hydrogen-bond acceptors (Lipinski definition) is 4. The van der Waals surface area contributed by atoms with Crippen LogP contribution in [0.25, 0.3) is 0 Å². The lowest BCUT2D eigenvalue weighted by Gasteiger charge is -2.16. The largest absolute Gasteiger partial charge is 0.495 e. The molecule has 124 valence electrons. The molecule has 0 saturated heterocycles. The predicted molar refractivity (Wildman–Crippen MR) is 89.7 cm³/mol. The Morgan fingerprint density at radius 3 is 2.52 bits per heavy atom. The maximum absolute atomic E-state index is 12.5. The van der Waals surface area contributed by atoms with Gasteiger partial charge in [-0.2, -0.15) is 0 Å². The van der Waals surface area contributed by atoms with Crippen LogP contribution in [-0.4, -0.2) is 28.2 Å². The third-order valence-electron chi connectivity index (χ3n) is 3.01. The molecule has 0 aliphatic heterocycles. The molecule has 1 N–H and O–H groups in total. The Morgan fingerprint density at radius 1 is 1.17 bits per heavy atom. The van der Waals surface area contributed by atoms with Crippen molar-refractivity contribution in [2.24, 2.45) is 0 Å². The maximum Gasteiger partial charge on any atom is 0.244 e. The van der Waals surface area contributed by atoms with Gasteiger partial charge in [0.15, 0.2) is 0 Å². The summed E-state index contributed by atoms with van der Waals surface area (Å²) in [5, 5.41) is 0.319. The van der Waals surface area contributed by atoms with Crippen molar-refractivity contribution in [2.75, 3.05) is 13.7 Å². The van der Waals surface area contributed by atoms with Crippen molar-refractivity contribution in [1.82, 2.24) is 4.72 Å². The molecule has 0 heterocycles. The zero-order chi connectivity index (χ0) is 16.9. The molecule has 7 heteroatoms. The Labute approximate surface area is 141 Å². The molecule has 5 nitrogen and oxygen atoms in total. The van der Waals surface area contributed by atoms with Crippen LogP contribution in [0, 0.1) is 0 Å². The highest BCUT2D eigenvalue weighted by Gasteiger charge is 2.22. The van der Waals surface area contributed by atoms with Crippen LogP contribution < -0.4 is 14.2 Å². The zero-order valence-corrected chi connectivity index (χ0v) is 14.4. The van der Waals surface area contributed by atoms with Crippen molar-refractivity contribution in [1.29, 1.82) is 0 Å². The van der Waals surface area contributed by atoms with Gasteiger partial charge in [0.1, 0.15) is 23.0 Å². The van der Waals surface area contributed by atoms with Gasteiger partial charge in [-0.05, 0) is 37.3 Å². The summed E-state index contributed by atoms with van der Waals surface area (Å²) in [7, 11) is -2.36. The average Bonchev–Trinajstić information content (AvgIpc) is 2.53. The molecule has 0 saturated carbocycles. The lowest BCUT2D eigenvalue weighted by molar-refractivity contribution is 0.287. The lowest BCUT2D eigenvalue weighted by atomic mass is 10.3. The molecule has 0 aliphatic carbocycles. The summed E-state index contributed by atoms with van der Waals surface area (Å²) in [6, 6.07) is 13.2. The first-order chi connectivity index (χ1) is 10.9. The van der Waals surface area contributed by atoms with E-state index in [1.165, 1.54) is 19.2 Å². The van der Waals surface area contributed by atoms with E-state index in [-0.39, 0.29) is 17.3 Å². The van der Waals surface area contributed by atoms with E-state index in [9.17, 15) is 8.42 Å². The summed E-state index contributed by atoms with van der Waals surface area (Å²) >= 11 is 5.89. The van der Waals surface area contributed by atoms with Crippen LogP contribution in [0.2, 0.25) is 5.02 Å². The van der Waals surface area contributed by atoms with Crippen molar-refractivity contribution < 1.29 is 17.9 Å². The van der Waals surface area contributed by atoms with Gasteiger partial charge in [-0.15, -0.1) is 0 Å². The molecule has 23 heavy (non-hydrogen) atoms. The van der Waals surface area contributed by atoms with Gasteiger partial charge in [-0.1, -0.05) is 29.8 Å². The van der Waals surface area contributed by atoms with Gasteiger partial charge in [-0.3, -0.25) is 0 Å². The first-order valence-corrected chi connectivity index (χ1v) is 8.82. The quantitative estimate of drug-likeness (QED) is 0.828. The first-order valence-electron chi connectivity index (χ1n) is 6.96. The molecule has 0 aliphatic rings. The second kappa shape index (κ2) is 7.68. The van der Waals surface area contributed by atoms with Crippen molar-refractivity contribution in [3.8, 4) is 11.5 Å². The van der Waals surface area contributed by atoms with Gasteiger partial charge in [0, 0.05) is 5.02 Å². The average molecular weight is 356 g/mol. The molecular formula is C16H18ClNO4S. The maximum atomic E-state index is 12.5. The number of halogens is 1. The van der Waals surface area contributed by atoms with Crippen LogP contribution in [-0.2, 0) is 10.0 Å². The van der Waals surface area contributed by atoms with Crippen molar-refractivity contribution in [3.63, 3.8) is 0 Å². The Kier molecular flexibility index (Phi) is 5.87. The van der Waals surface area contributed by atoms with Crippen LogP contribution in [0.15, 0.2) is 53.4 Å². The van der Waals surface area contributed by atoms with E-state index in [1.54, 1.807) is 25.1 Å². The van der Waals surface area contributed by atoms with Crippen molar-refractivity contribution >= 4 is 21.6 Å². The summed E-state index contributed by atoms with van der Waals surface area (Å²) in [6.45, 7) is 1.92. The van der Waals surface area contributed by atoms with Crippen LogP contribution in [0.5, 0.6) is 11.5 Å². The molecule has 0 aromatic heterocycles. The SMILES string of the molecule is COc1ccc(Cl)cc1S(=O)(=O)NC(C)COc1ccccc1. The van der Waals surface area contributed by atoms with Gasteiger partial charge < -0.3 is 9.47 Å². The normalized spacial score (nSPS) is 12.7. The summed E-state index contributed by atoms with van der Waals surface area (Å²) < 4.78 is 38.1. The van der Waals surface area contributed by atoms with E-state index >= 15 is 0 Å². The number of ether oxygens (including phenoxy) is 2. The zero-order valence-electron chi connectivity index (χ0n) is 12.8. The van der Waals surface area contributed by atoms with E-state index < -0.39 is 16.1 Å². The fourth-order valence-corrected chi connectivity index (χ4v) is 3.62. The number of para-hydroxylation sites is 1. The number of nitrogens with one attached hydrogen (secondary N) is 1.